The van der Waals surface area contributed by atoms with Gasteiger partial charge in [0.05, 0.1) is 25.6 Å². The fourth-order valence-corrected chi connectivity index (χ4v) is 2.60. The minimum atomic E-state index is -0.939. The van der Waals surface area contributed by atoms with Crippen LogP contribution in [0.1, 0.15) is 12.0 Å². The van der Waals surface area contributed by atoms with Crippen molar-refractivity contribution >= 4 is 17.3 Å². The Kier molecular flexibility index (Phi) is 5.01. The minimum absolute atomic E-state index is 0.132. The number of rotatable bonds is 5. The lowest BCUT2D eigenvalue weighted by Crippen LogP contribution is -2.28. The van der Waals surface area contributed by atoms with Crippen LogP contribution in [-0.2, 0) is 9.63 Å². The van der Waals surface area contributed by atoms with E-state index in [0.29, 0.717) is 28.8 Å². The molecule has 1 atom stereocenters. The molecular formula is C18H16F2N2O4. The van der Waals surface area contributed by atoms with Gasteiger partial charge in [-0.05, 0) is 24.3 Å². The molecule has 26 heavy (non-hydrogen) atoms. The van der Waals surface area contributed by atoms with Gasteiger partial charge in [0.2, 0.25) is 6.10 Å². The predicted octanol–water partition coefficient (Wildman–Crippen LogP) is 3.11. The molecule has 136 valence electrons. The highest BCUT2D eigenvalue weighted by molar-refractivity contribution is 6.08. The average Bonchev–Trinajstić information content (AvgIpc) is 3.13. The van der Waals surface area contributed by atoms with Crippen molar-refractivity contribution in [2.24, 2.45) is 5.16 Å². The van der Waals surface area contributed by atoms with Crippen LogP contribution in [0.5, 0.6) is 11.5 Å². The molecule has 1 aliphatic rings. The van der Waals surface area contributed by atoms with E-state index in [1.54, 1.807) is 18.2 Å². The average molecular weight is 362 g/mol. The maximum Gasteiger partial charge on any atom is 0.268 e. The number of amides is 1. The van der Waals surface area contributed by atoms with Crippen molar-refractivity contribution in [2.45, 2.75) is 12.5 Å². The van der Waals surface area contributed by atoms with Crippen LogP contribution in [-0.4, -0.2) is 31.9 Å². The van der Waals surface area contributed by atoms with Gasteiger partial charge in [0.25, 0.3) is 5.91 Å². The van der Waals surface area contributed by atoms with Gasteiger partial charge in [0, 0.05) is 18.1 Å². The molecule has 0 fully saturated rings. The number of methoxy groups -OCH3 is 2. The van der Waals surface area contributed by atoms with E-state index in [-0.39, 0.29) is 12.1 Å². The predicted molar refractivity (Wildman–Crippen MR) is 90.6 cm³/mol. The van der Waals surface area contributed by atoms with E-state index in [1.165, 1.54) is 14.2 Å². The Bertz CT molecular complexity index is 870. The Morgan fingerprint density at radius 2 is 2.04 bits per heavy atom. The molecule has 0 aliphatic carbocycles. The molecule has 1 aliphatic heterocycles. The third-order valence-electron chi connectivity index (χ3n) is 3.86. The highest BCUT2D eigenvalue weighted by Crippen LogP contribution is 2.33. The van der Waals surface area contributed by atoms with Gasteiger partial charge in [-0.25, -0.2) is 8.78 Å². The highest BCUT2D eigenvalue weighted by atomic mass is 19.1. The first-order chi connectivity index (χ1) is 12.5. The quantitative estimate of drug-likeness (QED) is 0.887. The van der Waals surface area contributed by atoms with Gasteiger partial charge in [-0.2, -0.15) is 0 Å². The molecule has 1 N–H and O–H groups in total. The molecule has 3 rings (SSSR count). The number of carbonyl (C=O) groups excluding carboxylic acids is 1. The summed E-state index contributed by atoms with van der Waals surface area (Å²) in [5, 5.41) is 6.30. The van der Waals surface area contributed by atoms with Gasteiger partial charge in [0.15, 0.2) is 11.5 Å². The van der Waals surface area contributed by atoms with Crippen molar-refractivity contribution in [1.82, 2.24) is 0 Å². The number of hydrogen-bond acceptors (Lipinski definition) is 5. The molecule has 8 heteroatoms. The van der Waals surface area contributed by atoms with Crippen LogP contribution in [0.4, 0.5) is 14.5 Å². The highest BCUT2D eigenvalue weighted by Gasteiger charge is 2.31. The molecule has 0 aromatic heterocycles. The molecule has 2 aromatic carbocycles. The largest absolute Gasteiger partial charge is 0.493 e. The second kappa shape index (κ2) is 7.38. The van der Waals surface area contributed by atoms with Gasteiger partial charge in [-0.3, -0.25) is 4.79 Å². The zero-order valence-corrected chi connectivity index (χ0v) is 14.1. The lowest BCUT2D eigenvalue weighted by molar-refractivity contribution is -0.125. The van der Waals surface area contributed by atoms with E-state index in [9.17, 15) is 13.6 Å². The van der Waals surface area contributed by atoms with Crippen LogP contribution in [0, 0.1) is 11.6 Å². The first-order valence-corrected chi connectivity index (χ1v) is 7.73. The number of benzene rings is 2. The van der Waals surface area contributed by atoms with Gasteiger partial charge in [-0.1, -0.05) is 11.2 Å². The maximum absolute atomic E-state index is 13.7. The fraction of sp³-hybridized carbons (Fsp3) is 0.222. The van der Waals surface area contributed by atoms with Crippen LogP contribution in [0.2, 0.25) is 0 Å². The zero-order valence-electron chi connectivity index (χ0n) is 14.1. The maximum atomic E-state index is 13.7. The van der Waals surface area contributed by atoms with E-state index in [4.69, 9.17) is 14.3 Å². The van der Waals surface area contributed by atoms with Crippen LogP contribution < -0.4 is 14.8 Å². The zero-order chi connectivity index (χ0) is 18.7. The van der Waals surface area contributed by atoms with Crippen LogP contribution in [0.25, 0.3) is 0 Å². The Balaban J connectivity index is 1.73. The Labute approximate surface area is 148 Å². The number of ether oxygens (including phenoxy) is 2. The number of anilines is 1. The standard InChI is InChI=1S/C18H16F2N2O4/c1-24-15-5-3-4-11(17(15)25-2)14-9-16(26-22-14)18(23)21-13-7-6-10(19)8-12(13)20/h3-8,16H,9H2,1-2H3,(H,21,23)/t16-/m0/s1. The van der Waals surface area contributed by atoms with Gasteiger partial charge in [0.1, 0.15) is 11.6 Å². The Morgan fingerprint density at radius 3 is 2.73 bits per heavy atom. The first kappa shape index (κ1) is 17.7. The number of nitrogens with zero attached hydrogens (tertiary/aromatic N) is 1. The molecule has 0 bridgehead atoms. The first-order valence-electron chi connectivity index (χ1n) is 7.73. The molecular weight excluding hydrogens is 346 g/mol. The lowest BCUT2D eigenvalue weighted by Gasteiger charge is -2.12. The summed E-state index contributed by atoms with van der Waals surface area (Å²) in [6.45, 7) is 0. The van der Waals surface area contributed by atoms with Crippen LogP contribution in [0.15, 0.2) is 41.6 Å². The summed E-state index contributed by atoms with van der Waals surface area (Å²) in [7, 11) is 3.02. The van der Waals surface area contributed by atoms with Crippen molar-refractivity contribution < 1.29 is 27.9 Å². The molecule has 6 nitrogen and oxygen atoms in total. The minimum Gasteiger partial charge on any atom is -0.493 e. The van der Waals surface area contributed by atoms with Crippen molar-refractivity contribution in [3.8, 4) is 11.5 Å². The Hall–Kier alpha value is -3.16. The van der Waals surface area contributed by atoms with E-state index >= 15 is 0 Å². The summed E-state index contributed by atoms with van der Waals surface area (Å²) in [6.07, 6.45) is -0.775. The van der Waals surface area contributed by atoms with Crippen LogP contribution >= 0.6 is 0 Å². The summed E-state index contributed by atoms with van der Waals surface area (Å²) in [5.74, 6) is -1.19. The number of para-hydroxylation sites is 1. The van der Waals surface area contributed by atoms with Gasteiger partial charge < -0.3 is 19.6 Å². The topological polar surface area (TPSA) is 69.2 Å². The third-order valence-corrected chi connectivity index (χ3v) is 3.86. The Morgan fingerprint density at radius 1 is 1.23 bits per heavy atom. The van der Waals surface area contributed by atoms with Gasteiger partial charge >= 0.3 is 0 Å². The van der Waals surface area contributed by atoms with Crippen molar-refractivity contribution in [3.63, 3.8) is 0 Å². The molecule has 1 amide bonds. The molecule has 0 unspecified atom stereocenters. The SMILES string of the molecule is COc1cccc(C2=NO[C@H](C(=O)Nc3ccc(F)cc3F)C2)c1OC. The van der Waals surface area contributed by atoms with E-state index in [1.807, 2.05) is 0 Å². The van der Waals surface area contributed by atoms with Crippen molar-refractivity contribution in [2.75, 3.05) is 19.5 Å². The molecule has 0 radical (unpaired) electrons. The molecule has 0 spiro atoms. The summed E-state index contributed by atoms with van der Waals surface area (Å²) in [5.41, 5.74) is 1.00. The van der Waals surface area contributed by atoms with E-state index < -0.39 is 23.6 Å². The number of nitrogens with one attached hydrogen (secondary N) is 1. The molecule has 2 aromatic rings. The number of oxime groups is 1. The number of carbonyl (C=O) groups is 1. The summed E-state index contributed by atoms with van der Waals surface area (Å²) in [4.78, 5) is 17.5. The molecule has 0 saturated carbocycles. The fourth-order valence-electron chi connectivity index (χ4n) is 2.60. The molecule has 0 saturated heterocycles. The van der Waals surface area contributed by atoms with E-state index in [0.717, 1.165) is 12.1 Å². The normalized spacial score (nSPS) is 15.8. The van der Waals surface area contributed by atoms with Crippen LogP contribution in [0.3, 0.4) is 0 Å². The monoisotopic (exact) mass is 362 g/mol. The lowest BCUT2D eigenvalue weighted by atomic mass is 10.0. The smallest absolute Gasteiger partial charge is 0.268 e. The summed E-state index contributed by atoms with van der Waals surface area (Å²) in [6, 6.07) is 8.15. The molecule has 1 heterocycles. The van der Waals surface area contributed by atoms with Crippen molar-refractivity contribution in [3.05, 3.63) is 53.6 Å². The second-order valence-corrected chi connectivity index (χ2v) is 5.49. The summed E-state index contributed by atoms with van der Waals surface area (Å²) >= 11 is 0. The van der Waals surface area contributed by atoms with Gasteiger partial charge in [-0.15, -0.1) is 0 Å². The number of halogens is 2. The second-order valence-electron chi connectivity index (χ2n) is 5.49. The van der Waals surface area contributed by atoms with E-state index in [2.05, 4.69) is 10.5 Å². The third kappa shape index (κ3) is 3.44. The number of hydrogen-bond donors (Lipinski definition) is 1. The summed E-state index contributed by atoms with van der Waals surface area (Å²) < 4.78 is 37.2. The van der Waals surface area contributed by atoms with Crippen molar-refractivity contribution in [1.29, 1.82) is 0 Å².